The Morgan fingerprint density at radius 1 is 1.32 bits per heavy atom. The molecule has 0 aliphatic carbocycles. The Kier molecular flexibility index (Phi) is 3.40. The van der Waals surface area contributed by atoms with Crippen molar-refractivity contribution in [3.63, 3.8) is 0 Å². The van der Waals surface area contributed by atoms with Gasteiger partial charge in [0.15, 0.2) is 0 Å². The number of aromatic nitrogens is 2. The van der Waals surface area contributed by atoms with E-state index in [1.807, 2.05) is 0 Å². The first-order chi connectivity index (χ1) is 10.5. The summed E-state index contributed by atoms with van der Waals surface area (Å²) in [6.07, 6.45) is 2.81. The summed E-state index contributed by atoms with van der Waals surface area (Å²) in [4.78, 5) is 41.6. The van der Waals surface area contributed by atoms with E-state index in [9.17, 15) is 14.4 Å². The van der Waals surface area contributed by atoms with Gasteiger partial charge in [0, 0.05) is 25.5 Å². The third kappa shape index (κ3) is 2.24. The van der Waals surface area contributed by atoms with Gasteiger partial charge in [0.25, 0.3) is 11.5 Å². The number of rotatable bonds is 2. The first-order valence-corrected chi connectivity index (χ1v) is 6.97. The molecule has 1 aliphatic heterocycles. The van der Waals surface area contributed by atoms with Gasteiger partial charge in [0.1, 0.15) is 11.2 Å². The van der Waals surface area contributed by atoms with Crippen LogP contribution in [-0.4, -0.2) is 44.4 Å². The highest BCUT2D eigenvalue weighted by Crippen LogP contribution is 2.24. The molecule has 1 amide bonds. The molecule has 1 saturated heterocycles. The molecule has 0 unspecified atom stereocenters. The van der Waals surface area contributed by atoms with Crippen LogP contribution in [-0.2, 0) is 4.79 Å². The average Bonchev–Trinajstić information content (AvgIpc) is 2.89. The second kappa shape index (κ2) is 5.25. The summed E-state index contributed by atoms with van der Waals surface area (Å²) in [5, 5.41) is 9.13. The van der Waals surface area contributed by atoms with Crippen molar-refractivity contribution >= 4 is 17.5 Å². The van der Waals surface area contributed by atoms with Crippen LogP contribution in [0.3, 0.4) is 0 Å². The largest absolute Gasteiger partial charge is 0.481 e. The third-order valence-electron chi connectivity index (χ3n) is 4.06. The molecule has 0 bridgehead atoms. The molecule has 7 nitrogen and oxygen atoms in total. The minimum atomic E-state index is -0.920. The summed E-state index contributed by atoms with van der Waals surface area (Å²) >= 11 is 0. The smallest absolute Gasteiger partial charge is 0.308 e. The van der Waals surface area contributed by atoms with Crippen LogP contribution in [0.2, 0.25) is 0 Å². The van der Waals surface area contributed by atoms with Gasteiger partial charge in [-0.05, 0) is 18.1 Å². The van der Waals surface area contributed by atoms with E-state index in [1.54, 1.807) is 31.3 Å². The molecule has 22 heavy (non-hydrogen) atoms. The van der Waals surface area contributed by atoms with E-state index < -0.39 is 23.4 Å². The Morgan fingerprint density at radius 3 is 2.77 bits per heavy atom. The SMILES string of the molecule is C[C@@H]1CN(C(=O)c2cnc3ccccn3c2=O)C[C@H]1C(=O)O. The topological polar surface area (TPSA) is 92.0 Å². The van der Waals surface area contributed by atoms with E-state index in [0.717, 1.165) is 0 Å². The lowest BCUT2D eigenvalue weighted by atomic mass is 9.99. The molecule has 0 radical (unpaired) electrons. The van der Waals surface area contributed by atoms with E-state index in [4.69, 9.17) is 5.11 Å². The number of amides is 1. The Hall–Kier alpha value is -2.70. The Balaban J connectivity index is 1.95. The molecule has 0 spiro atoms. The molecule has 1 fully saturated rings. The lowest BCUT2D eigenvalue weighted by Gasteiger charge is -2.15. The highest BCUT2D eigenvalue weighted by Gasteiger charge is 2.37. The van der Waals surface area contributed by atoms with Crippen LogP contribution in [0.25, 0.3) is 5.65 Å². The molecule has 3 heterocycles. The number of carboxylic acids is 1. The van der Waals surface area contributed by atoms with E-state index in [-0.39, 0.29) is 18.0 Å². The van der Waals surface area contributed by atoms with E-state index in [1.165, 1.54) is 15.5 Å². The van der Waals surface area contributed by atoms with Crippen molar-refractivity contribution in [2.75, 3.05) is 13.1 Å². The summed E-state index contributed by atoms with van der Waals surface area (Å²) in [6, 6.07) is 5.11. The van der Waals surface area contributed by atoms with Crippen LogP contribution < -0.4 is 5.56 Å². The van der Waals surface area contributed by atoms with Gasteiger partial charge in [-0.1, -0.05) is 13.0 Å². The molecule has 2 aromatic heterocycles. The van der Waals surface area contributed by atoms with Gasteiger partial charge in [0.2, 0.25) is 0 Å². The van der Waals surface area contributed by atoms with E-state index >= 15 is 0 Å². The fourth-order valence-electron chi connectivity index (χ4n) is 2.80. The standard InChI is InChI=1S/C15H15N3O4/c1-9-7-17(8-11(9)15(21)22)13(19)10-6-16-12-4-2-3-5-18(12)14(10)20/h2-6,9,11H,7-8H2,1H3,(H,21,22)/t9-,11-/m1/s1. The van der Waals surface area contributed by atoms with Crippen LogP contribution in [0.4, 0.5) is 0 Å². The number of hydrogen-bond acceptors (Lipinski definition) is 4. The fourth-order valence-corrected chi connectivity index (χ4v) is 2.80. The number of carboxylic acid groups (broad SMARTS) is 1. The lowest BCUT2D eigenvalue weighted by Crippen LogP contribution is -2.35. The van der Waals surface area contributed by atoms with E-state index in [0.29, 0.717) is 12.2 Å². The Bertz CT molecular complexity index is 814. The predicted molar refractivity (Wildman–Crippen MR) is 77.7 cm³/mol. The maximum absolute atomic E-state index is 12.5. The number of carbonyl (C=O) groups is 2. The second-order valence-corrected chi connectivity index (χ2v) is 5.54. The van der Waals surface area contributed by atoms with E-state index in [2.05, 4.69) is 4.98 Å². The minimum absolute atomic E-state index is 0.0399. The predicted octanol–water partition coefficient (Wildman–Crippen LogP) is 0.487. The second-order valence-electron chi connectivity index (χ2n) is 5.54. The first kappa shape index (κ1) is 14.2. The average molecular weight is 301 g/mol. The van der Waals surface area contributed by atoms with Gasteiger partial charge in [-0.3, -0.25) is 18.8 Å². The molecule has 0 aromatic carbocycles. The molecule has 2 aromatic rings. The van der Waals surface area contributed by atoms with Gasteiger partial charge < -0.3 is 10.0 Å². The maximum atomic E-state index is 12.5. The fraction of sp³-hybridized carbons (Fsp3) is 0.333. The van der Waals surface area contributed by atoms with Crippen molar-refractivity contribution in [3.8, 4) is 0 Å². The van der Waals surface area contributed by atoms with Gasteiger partial charge in [-0.25, -0.2) is 4.98 Å². The van der Waals surface area contributed by atoms with Crippen molar-refractivity contribution in [3.05, 3.63) is 46.5 Å². The van der Waals surface area contributed by atoms with Crippen molar-refractivity contribution in [2.45, 2.75) is 6.92 Å². The van der Waals surface area contributed by atoms with Crippen molar-refractivity contribution < 1.29 is 14.7 Å². The summed E-state index contributed by atoms with van der Waals surface area (Å²) in [6.45, 7) is 2.23. The summed E-state index contributed by atoms with van der Waals surface area (Å²) in [7, 11) is 0. The molecule has 114 valence electrons. The summed E-state index contributed by atoms with van der Waals surface area (Å²) in [5.41, 5.74) is -0.0220. The molecule has 0 saturated carbocycles. The number of nitrogens with zero attached hydrogens (tertiary/aromatic N) is 3. The number of pyridine rings is 1. The molecule has 3 rings (SSSR count). The van der Waals surface area contributed by atoms with Crippen molar-refractivity contribution in [1.29, 1.82) is 0 Å². The Labute approximate surface area is 125 Å². The maximum Gasteiger partial charge on any atom is 0.308 e. The molecule has 1 aliphatic rings. The van der Waals surface area contributed by atoms with Gasteiger partial charge in [-0.2, -0.15) is 0 Å². The zero-order chi connectivity index (χ0) is 15.9. The number of aliphatic carboxylic acids is 1. The number of likely N-dealkylation sites (tertiary alicyclic amines) is 1. The molecular formula is C15H15N3O4. The zero-order valence-corrected chi connectivity index (χ0v) is 12.0. The highest BCUT2D eigenvalue weighted by molar-refractivity contribution is 5.94. The monoisotopic (exact) mass is 301 g/mol. The molecule has 7 heteroatoms. The molecular weight excluding hydrogens is 286 g/mol. The highest BCUT2D eigenvalue weighted by atomic mass is 16.4. The van der Waals surface area contributed by atoms with Crippen LogP contribution in [0, 0.1) is 11.8 Å². The minimum Gasteiger partial charge on any atom is -0.481 e. The zero-order valence-electron chi connectivity index (χ0n) is 12.0. The number of carbonyl (C=O) groups excluding carboxylic acids is 1. The Morgan fingerprint density at radius 2 is 2.09 bits per heavy atom. The van der Waals surface area contributed by atoms with Crippen LogP contribution in [0.1, 0.15) is 17.3 Å². The summed E-state index contributed by atoms with van der Waals surface area (Å²) in [5.74, 6) is -2.12. The number of fused-ring (bicyclic) bond motifs is 1. The number of hydrogen-bond donors (Lipinski definition) is 1. The lowest BCUT2D eigenvalue weighted by molar-refractivity contribution is -0.142. The third-order valence-corrected chi connectivity index (χ3v) is 4.06. The van der Waals surface area contributed by atoms with Gasteiger partial charge >= 0.3 is 5.97 Å². The van der Waals surface area contributed by atoms with Crippen LogP contribution in [0.15, 0.2) is 35.4 Å². The van der Waals surface area contributed by atoms with Gasteiger partial charge in [0.05, 0.1) is 5.92 Å². The van der Waals surface area contributed by atoms with Crippen LogP contribution >= 0.6 is 0 Å². The molecule has 2 atom stereocenters. The van der Waals surface area contributed by atoms with Crippen LogP contribution in [0.5, 0.6) is 0 Å². The normalized spacial score (nSPS) is 21.2. The van der Waals surface area contributed by atoms with Crippen molar-refractivity contribution in [1.82, 2.24) is 14.3 Å². The molecule has 1 N–H and O–H groups in total. The first-order valence-electron chi connectivity index (χ1n) is 6.97. The van der Waals surface area contributed by atoms with Crippen molar-refractivity contribution in [2.24, 2.45) is 11.8 Å². The van der Waals surface area contributed by atoms with Gasteiger partial charge in [-0.15, -0.1) is 0 Å². The summed E-state index contributed by atoms with van der Waals surface area (Å²) < 4.78 is 1.31. The quantitative estimate of drug-likeness (QED) is 0.871.